The van der Waals surface area contributed by atoms with E-state index in [9.17, 15) is 9.59 Å². The van der Waals surface area contributed by atoms with E-state index in [-0.39, 0.29) is 11.8 Å². The van der Waals surface area contributed by atoms with Gasteiger partial charge in [-0.2, -0.15) is 5.10 Å². The van der Waals surface area contributed by atoms with Crippen molar-refractivity contribution in [1.82, 2.24) is 20.0 Å². The number of aryl methyl sites for hydroxylation is 1. The first-order valence-corrected chi connectivity index (χ1v) is 11.1. The van der Waals surface area contributed by atoms with Gasteiger partial charge in [0.25, 0.3) is 5.91 Å². The monoisotopic (exact) mass is 446 g/mol. The zero-order valence-corrected chi connectivity index (χ0v) is 19.6. The van der Waals surface area contributed by atoms with Gasteiger partial charge in [-0.1, -0.05) is 42.5 Å². The summed E-state index contributed by atoms with van der Waals surface area (Å²) in [5, 5.41) is 6.79. The first kappa shape index (κ1) is 22.6. The van der Waals surface area contributed by atoms with E-state index < -0.39 is 5.41 Å². The Bertz CT molecular complexity index is 1150. The molecule has 1 atom stereocenters. The molecule has 0 spiro atoms. The average Bonchev–Trinajstić information content (AvgIpc) is 3.45. The minimum atomic E-state index is -0.650. The number of hydrogen-bond donors (Lipinski definition) is 1. The van der Waals surface area contributed by atoms with E-state index in [4.69, 9.17) is 4.74 Å². The van der Waals surface area contributed by atoms with E-state index in [0.29, 0.717) is 31.5 Å². The van der Waals surface area contributed by atoms with E-state index in [1.165, 1.54) is 0 Å². The number of methoxy groups -OCH3 is 1. The van der Waals surface area contributed by atoms with Crippen LogP contribution in [0, 0.1) is 12.3 Å². The van der Waals surface area contributed by atoms with Crippen molar-refractivity contribution in [2.45, 2.75) is 19.8 Å². The van der Waals surface area contributed by atoms with Gasteiger partial charge in [-0.25, -0.2) is 0 Å². The molecule has 2 heterocycles. The number of ether oxygens (including phenoxy) is 1. The summed E-state index contributed by atoms with van der Waals surface area (Å²) in [6.45, 7) is 2.77. The lowest BCUT2D eigenvalue weighted by Gasteiger charge is -2.31. The van der Waals surface area contributed by atoms with Crippen molar-refractivity contribution in [3.05, 3.63) is 71.5 Å². The first-order chi connectivity index (χ1) is 15.8. The number of nitrogens with one attached hydrogen (secondary N) is 1. The number of nitrogens with zero attached hydrogens (tertiary/aromatic N) is 3. The Balaban J connectivity index is 1.58. The Morgan fingerprint density at radius 1 is 1.15 bits per heavy atom. The van der Waals surface area contributed by atoms with Crippen LogP contribution in [0.4, 0.5) is 0 Å². The smallest absolute Gasteiger partial charge is 0.257 e. The molecular formula is C26H30N4O3. The number of para-hydroxylation sites is 1. The molecule has 0 bridgehead atoms. The van der Waals surface area contributed by atoms with Gasteiger partial charge in [0.2, 0.25) is 5.91 Å². The summed E-state index contributed by atoms with van der Waals surface area (Å²) in [6, 6.07) is 16.2. The zero-order valence-electron chi connectivity index (χ0n) is 19.6. The SMILES string of the molecule is COc1ccccc1-c1ccc(CC2(C(=O)N(C)C)CCN(C(=O)c3cn[nH]c3C)C2)cc1. The van der Waals surface area contributed by atoms with Crippen molar-refractivity contribution < 1.29 is 14.3 Å². The van der Waals surface area contributed by atoms with Gasteiger partial charge >= 0.3 is 0 Å². The molecule has 1 aliphatic heterocycles. The topological polar surface area (TPSA) is 78.5 Å². The van der Waals surface area contributed by atoms with Crippen molar-refractivity contribution in [3.63, 3.8) is 0 Å². The number of carbonyl (C=O) groups excluding carboxylic acids is 2. The molecule has 0 radical (unpaired) electrons. The van der Waals surface area contributed by atoms with Crippen LogP contribution in [-0.4, -0.2) is 66.1 Å². The van der Waals surface area contributed by atoms with Crippen LogP contribution in [0.5, 0.6) is 5.75 Å². The lowest BCUT2D eigenvalue weighted by molar-refractivity contribution is -0.138. The maximum absolute atomic E-state index is 13.3. The standard InChI is InChI=1S/C26H30N4O3/c1-18-22(16-27-28-18)24(31)30-14-13-26(17-30,25(32)29(2)3)15-19-9-11-20(12-10-19)21-7-5-6-8-23(21)33-4/h5-12,16H,13-15,17H2,1-4H3,(H,27,28). The molecule has 1 aliphatic rings. The molecule has 0 saturated carbocycles. The highest BCUT2D eigenvalue weighted by atomic mass is 16.5. The first-order valence-electron chi connectivity index (χ1n) is 11.1. The van der Waals surface area contributed by atoms with Gasteiger partial charge < -0.3 is 14.5 Å². The third-order valence-electron chi connectivity index (χ3n) is 6.48. The number of likely N-dealkylation sites (tertiary alicyclic amines) is 1. The summed E-state index contributed by atoms with van der Waals surface area (Å²) in [4.78, 5) is 29.8. The third-order valence-corrected chi connectivity index (χ3v) is 6.48. The van der Waals surface area contributed by atoms with Crippen molar-refractivity contribution in [1.29, 1.82) is 0 Å². The minimum absolute atomic E-state index is 0.0514. The number of H-pyrrole nitrogens is 1. The molecule has 1 unspecified atom stereocenters. The lowest BCUT2D eigenvalue weighted by Crippen LogP contribution is -2.44. The molecule has 7 nitrogen and oxygen atoms in total. The third kappa shape index (κ3) is 4.35. The fourth-order valence-electron chi connectivity index (χ4n) is 4.73. The highest BCUT2D eigenvalue weighted by Crippen LogP contribution is 2.37. The largest absolute Gasteiger partial charge is 0.496 e. The number of benzene rings is 2. The number of carbonyl (C=O) groups is 2. The predicted octanol–water partition coefficient (Wildman–Crippen LogP) is 3.56. The minimum Gasteiger partial charge on any atom is -0.496 e. The van der Waals surface area contributed by atoms with E-state index in [1.807, 2.05) is 31.2 Å². The van der Waals surface area contributed by atoms with Crippen LogP contribution in [0.1, 0.15) is 28.0 Å². The van der Waals surface area contributed by atoms with Crippen LogP contribution in [0.25, 0.3) is 11.1 Å². The lowest BCUT2D eigenvalue weighted by atomic mass is 9.79. The highest BCUT2D eigenvalue weighted by Gasteiger charge is 2.47. The van der Waals surface area contributed by atoms with Crippen LogP contribution in [0.2, 0.25) is 0 Å². The van der Waals surface area contributed by atoms with Crippen LogP contribution in [0.3, 0.4) is 0 Å². The van der Waals surface area contributed by atoms with Crippen LogP contribution < -0.4 is 4.74 Å². The second kappa shape index (κ2) is 9.10. The summed E-state index contributed by atoms with van der Waals surface area (Å²) < 4.78 is 5.49. The molecule has 1 saturated heterocycles. The average molecular weight is 447 g/mol. The van der Waals surface area contributed by atoms with Gasteiger partial charge in [-0.15, -0.1) is 0 Å². The number of aromatic amines is 1. The molecular weight excluding hydrogens is 416 g/mol. The Morgan fingerprint density at radius 3 is 2.52 bits per heavy atom. The Kier molecular flexibility index (Phi) is 6.22. The summed E-state index contributed by atoms with van der Waals surface area (Å²) >= 11 is 0. The summed E-state index contributed by atoms with van der Waals surface area (Å²) in [5.41, 5.74) is 3.80. The van der Waals surface area contributed by atoms with Crippen LogP contribution in [0.15, 0.2) is 54.7 Å². The van der Waals surface area contributed by atoms with Gasteiger partial charge in [-0.05, 0) is 37.0 Å². The quantitative estimate of drug-likeness (QED) is 0.628. The normalized spacial score (nSPS) is 17.8. The molecule has 4 rings (SSSR count). The molecule has 7 heteroatoms. The molecule has 0 aliphatic carbocycles. The van der Waals surface area contributed by atoms with Gasteiger partial charge in [-0.3, -0.25) is 14.7 Å². The number of rotatable bonds is 6. The summed E-state index contributed by atoms with van der Waals surface area (Å²) in [5.74, 6) is 0.792. The Labute approximate surface area is 194 Å². The van der Waals surface area contributed by atoms with Crippen LogP contribution >= 0.6 is 0 Å². The van der Waals surface area contributed by atoms with Crippen molar-refractivity contribution >= 4 is 11.8 Å². The van der Waals surface area contributed by atoms with E-state index >= 15 is 0 Å². The molecule has 2 aromatic carbocycles. The molecule has 3 aromatic rings. The Hall–Kier alpha value is -3.61. The fourth-order valence-corrected chi connectivity index (χ4v) is 4.73. The number of aromatic nitrogens is 2. The maximum Gasteiger partial charge on any atom is 0.257 e. The van der Waals surface area contributed by atoms with E-state index in [0.717, 1.165) is 28.1 Å². The number of amides is 2. The van der Waals surface area contributed by atoms with Crippen molar-refractivity contribution in [3.8, 4) is 16.9 Å². The van der Waals surface area contributed by atoms with Crippen molar-refractivity contribution in [2.24, 2.45) is 5.41 Å². The second-order valence-electron chi connectivity index (χ2n) is 8.94. The number of hydrogen-bond acceptors (Lipinski definition) is 4. The second-order valence-corrected chi connectivity index (χ2v) is 8.94. The molecule has 1 fully saturated rings. The Morgan fingerprint density at radius 2 is 1.88 bits per heavy atom. The molecule has 1 N–H and O–H groups in total. The maximum atomic E-state index is 13.3. The molecule has 172 valence electrons. The van der Waals surface area contributed by atoms with Crippen LogP contribution in [-0.2, 0) is 11.2 Å². The van der Waals surface area contributed by atoms with E-state index in [1.54, 1.807) is 37.2 Å². The summed E-state index contributed by atoms with van der Waals surface area (Å²) in [7, 11) is 5.22. The van der Waals surface area contributed by atoms with E-state index in [2.05, 4.69) is 34.5 Å². The molecule has 1 aromatic heterocycles. The van der Waals surface area contributed by atoms with Gasteiger partial charge in [0.15, 0.2) is 0 Å². The van der Waals surface area contributed by atoms with Gasteiger partial charge in [0.05, 0.1) is 24.3 Å². The van der Waals surface area contributed by atoms with Gasteiger partial charge in [0.1, 0.15) is 5.75 Å². The van der Waals surface area contributed by atoms with Gasteiger partial charge in [0, 0.05) is 38.4 Å². The molecule has 2 amide bonds. The summed E-state index contributed by atoms with van der Waals surface area (Å²) in [6.07, 6.45) is 2.76. The molecule has 33 heavy (non-hydrogen) atoms. The van der Waals surface area contributed by atoms with Crippen molar-refractivity contribution in [2.75, 3.05) is 34.3 Å². The highest BCUT2D eigenvalue weighted by molar-refractivity contribution is 5.96. The predicted molar refractivity (Wildman–Crippen MR) is 127 cm³/mol. The zero-order chi connectivity index (χ0) is 23.6. The fraction of sp³-hybridized carbons (Fsp3) is 0.346.